The highest BCUT2D eigenvalue weighted by Crippen LogP contribution is 2.35. The number of thioether (sulfide) groups is 1. The third-order valence-electron chi connectivity index (χ3n) is 5.72. The van der Waals surface area contributed by atoms with Crippen LogP contribution in [0.15, 0.2) is 57.5 Å². The van der Waals surface area contributed by atoms with Crippen LogP contribution in [0.2, 0.25) is 15.1 Å². The topological polar surface area (TPSA) is 76.3 Å². The van der Waals surface area contributed by atoms with E-state index in [2.05, 4.69) is 10.5 Å². The molecule has 0 spiro atoms. The van der Waals surface area contributed by atoms with E-state index in [1.165, 1.54) is 22.9 Å². The van der Waals surface area contributed by atoms with Gasteiger partial charge in [-0.2, -0.15) is 5.10 Å². The first-order valence-electron chi connectivity index (χ1n) is 11.1. The van der Waals surface area contributed by atoms with Crippen molar-refractivity contribution in [3.8, 4) is 5.69 Å². The van der Waals surface area contributed by atoms with Gasteiger partial charge in [0.25, 0.3) is 11.5 Å². The molecular weight excluding hydrogens is 559 g/mol. The summed E-state index contributed by atoms with van der Waals surface area (Å²) in [4.78, 5) is 33.0. The Morgan fingerprint density at radius 1 is 1.11 bits per heavy atom. The van der Waals surface area contributed by atoms with Gasteiger partial charge in [0.1, 0.15) is 4.83 Å². The Morgan fingerprint density at radius 3 is 2.67 bits per heavy atom. The number of amides is 1. The first kappa shape index (κ1) is 25.3. The molecule has 0 saturated heterocycles. The minimum absolute atomic E-state index is 0.0232. The van der Waals surface area contributed by atoms with Gasteiger partial charge in [-0.1, -0.05) is 52.6 Å². The molecule has 5 rings (SSSR count). The molecule has 0 saturated carbocycles. The summed E-state index contributed by atoms with van der Waals surface area (Å²) in [5.41, 5.74) is 4.84. The van der Waals surface area contributed by atoms with Gasteiger partial charge in [0, 0.05) is 9.90 Å². The molecule has 2 heterocycles. The summed E-state index contributed by atoms with van der Waals surface area (Å²) in [7, 11) is 0. The van der Waals surface area contributed by atoms with Gasteiger partial charge in [-0.05, 0) is 73.2 Å². The normalized spacial score (nSPS) is 13.3. The number of thiophene rings is 1. The van der Waals surface area contributed by atoms with Crippen molar-refractivity contribution in [3.63, 3.8) is 0 Å². The summed E-state index contributed by atoms with van der Waals surface area (Å²) in [6, 6.07) is 12.1. The van der Waals surface area contributed by atoms with Crippen LogP contribution >= 0.6 is 57.9 Å². The molecule has 0 bridgehead atoms. The molecule has 2 aromatic carbocycles. The number of nitrogens with zero attached hydrogens (tertiary/aromatic N) is 3. The minimum atomic E-state index is -0.334. The standard InChI is InChI=1S/C25H19Cl3N4O2S2/c26-15-6-8-16(9-7-15)32-24(34)22-17-3-1-2-4-20(17)36-23(22)30-25(32)35-13-21(33)31-29-12-14-5-10-18(27)19(28)11-14/h5-12H,1-4,13H2,(H,31,33). The molecule has 1 amide bonds. The second-order valence-electron chi connectivity index (χ2n) is 8.16. The number of rotatable bonds is 6. The zero-order valence-electron chi connectivity index (χ0n) is 18.8. The summed E-state index contributed by atoms with van der Waals surface area (Å²) < 4.78 is 1.57. The van der Waals surface area contributed by atoms with Crippen molar-refractivity contribution in [2.45, 2.75) is 30.8 Å². The maximum absolute atomic E-state index is 13.7. The number of aromatic nitrogens is 2. The van der Waals surface area contributed by atoms with E-state index in [-0.39, 0.29) is 17.2 Å². The van der Waals surface area contributed by atoms with Gasteiger partial charge in [0.15, 0.2) is 5.16 Å². The highest BCUT2D eigenvalue weighted by Gasteiger charge is 2.23. The second kappa shape index (κ2) is 10.9. The lowest BCUT2D eigenvalue weighted by atomic mass is 9.97. The highest BCUT2D eigenvalue weighted by atomic mass is 35.5. The van der Waals surface area contributed by atoms with Gasteiger partial charge in [0.2, 0.25) is 0 Å². The van der Waals surface area contributed by atoms with E-state index in [0.29, 0.717) is 36.9 Å². The maximum Gasteiger partial charge on any atom is 0.267 e. The lowest BCUT2D eigenvalue weighted by Crippen LogP contribution is -2.24. The Kier molecular flexibility index (Phi) is 7.69. The number of halogens is 3. The summed E-state index contributed by atoms with van der Waals surface area (Å²) in [5.74, 6) is -0.311. The molecule has 0 aliphatic heterocycles. The Morgan fingerprint density at radius 2 is 1.89 bits per heavy atom. The molecule has 4 aromatic rings. The molecule has 0 unspecified atom stereocenters. The van der Waals surface area contributed by atoms with Gasteiger partial charge in [-0.25, -0.2) is 10.4 Å². The Labute approximate surface area is 230 Å². The molecule has 1 N–H and O–H groups in total. The van der Waals surface area contributed by atoms with Crippen LogP contribution in [0, 0.1) is 0 Å². The van der Waals surface area contributed by atoms with E-state index >= 15 is 0 Å². The molecule has 36 heavy (non-hydrogen) atoms. The number of fused-ring (bicyclic) bond motifs is 3. The average molecular weight is 578 g/mol. The quantitative estimate of drug-likeness (QED) is 0.122. The molecular formula is C25H19Cl3N4O2S2. The molecule has 2 aromatic heterocycles. The third-order valence-corrected chi connectivity index (χ3v) is 8.84. The number of carbonyl (C=O) groups excluding carboxylic acids is 1. The molecule has 0 fully saturated rings. The number of hydrogen-bond acceptors (Lipinski definition) is 6. The molecule has 184 valence electrons. The maximum atomic E-state index is 13.7. The third kappa shape index (κ3) is 5.33. The van der Waals surface area contributed by atoms with E-state index in [0.717, 1.165) is 36.1 Å². The van der Waals surface area contributed by atoms with Crippen LogP contribution < -0.4 is 11.0 Å². The van der Waals surface area contributed by atoms with Crippen LogP contribution in [0.5, 0.6) is 0 Å². The number of nitrogens with one attached hydrogen (secondary N) is 1. The van der Waals surface area contributed by atoms with Crippen molar-refractivity contribution in [1.29, 1.82) is 0 Å². The molecule has 1 aliphatic carbocycles. The van der Waals surface area contributed by atoms with Crippen LogP contribution in [0.3, 0.4) is 0 Å². The van der Waals surface area contributed by atoms with E-state index in [1.54, 1.807) is 58.4 Å². The SMILES string of the molecule is O=C(CSc1nc2sc3c(c2c(=O)n1-c1ccc(Cl)cc1)CCCC3)NN=Cc1ccc(Cl)c(Cl)c1. The van der Waals surface area contributed by atoms with Crippen LogP contribution in [-0.4, -0.2) is 27.4 Å². The minimum Gasteiger partial charge on any atom is -0.272 e. The van der Waals surface area contributed by atoms with Crippen molar-refractivity contribution in [2.75, 3.05) is 5.75 Å². The monoisotopic (exact) mass is 576 g/mol. The van der Waals surface area contributed by atoms with Crippen LogP contribution in [0.1, 0.15) is 28.8 Å². The summed E-state index contributed by atoms with van der Waals surface area (Å²) in [6.07, 6.45) is 5.53. The van der Waals surface area contributed by atoms with Crippen molar-refractivity contribution in [3.05, 3.63) is 83.9 Å². The lowest BCUT2D eigenvalue weighted by Gasteiger charge is -2.13. The van der Waals surface area contributed by atoms with Gasteiger partial charge in [-0.15, -0.1) is 11.3 Å². The van der Waals surface area contributed by atoms with Gasteiger partial charge in [-0.3, -0.25) is 14.2 Å². The molecule has 11 heteroatoms. The molecule has 6 nitrogen and oxygen atoms in total. The fourth-order valence-corrected chi connectivity index (χ4v) is 6.57. The fraction of sp³-hybridized carbons (Fsp3) is 0.200. The Bertz CT molecular complexity index is 1550. The first-order valence-corrected chi connectivity index (χ1v) is 14.1. The zero-order chi connectivity index (χ0) is 25.2. The van der Waals surface area contributed by atoms with E-state index in [4.69, 9.17) is 39.8 Å². The van der Waals surface area contributed by atoms with Crippen molar-refractivity contribution in [1.82, 2.24) is 15.0 Å². The fourth-order valence-electron chi connectivity index (χ4n) is 4.03. The highest BCUT2D eigenvalue weighted by molar-refractivity contribution is 7.99. The predicted octanol–water partition coefficient (Wildman–Crippen LogP) is 6.53. The van der Waals surface area contributed by atoms with E-state index < -0.39 is 0 Å². The van der Waals surface area contributed by atoms with Crippen molar-refractivity contribution in [2.24, 2.45) is 5.10 Å². The molecule has 0 radical (unpaired) electrons. The average Bonchev–Trinajstić information content (AvgIpc) is 3.24. The molecule has 0 atom stereocenters. The van der Waals surface area contributed by atoms with Gasteiger partial charge in [0.05, 0.1) is 33.1 Å². The smallest absolute Gasteiger partial charge is 0.267 e. The predicted molar refractivity (Wildman–Crippen MR) is 150 cm³/mol. The summed E-state index contributed by atoms with van der Waals surface area (Å²) >= 11 is 20.8. The molecule has 1 aliphatic rings. The lowest BCUT2D eigenvalue weighted by molar-refractivity contribution is -0.118. The number of carbonyl (C=O) groups is 1. The van der Waals surface area contributed by atoms with E-state index in [9.17, 15) is 9.59 Å². The van der Waals surface area contributed by atoms with Crippen LogP contribution in [0.25, 0.3) is 15.9 Å². The van der Waals surface area contributed by atoms with Crippen molar-refractivity contribution >= 4 is 80.2 Å². The van der Waals surface area contributed by atoms with E-state index in [1.807, 2.05) is 0 Å². The summed E-state index contributed by atoms with van der Waals surface area (Å²) in [5, 5.41) is 6.53. The number of hydrogen-bond donors (Lipinski definition) is 1. The number of aryl methyl sites for hydroxylation is 2. The zero-order valence-corrected chi connectivity index (χ0v) is 22.7. The van der Waals surface area contributed by atoms with Crippen molar-refractivity contribution < 1.29 is 4.79 Å². The van der Waals surface area contributed by atoms with Crippen LogP contribution in [0.4, 0.5) is 0 Å². The number of hydrazone groups is 1. The largest absolute Gasteiger partial charge is 0.272 e. The first-order chi connectivity index (χ1) is 17.4. The van der Waals surface area contributed by atoms with Crippen LogP contribution in [-0.2, 0) is 17.6 Å². The summed E-state index contributed by atoms with van der Waals surface area (Å²) in [6.45, 7) is 0. The number of benzene rings is 2. The Balaban J connectivity index is 1.41. The van der Waals surface area contributed by atoms with Gasteiger partial charge < -0.3 is 0 Å². The van der Waals surface area contributed by atoms with Gasteiger partial charge >= 0.3 is 0 Å². The second-order valence-corrected chi connectivity index (χ2v) is 11.4. The Hall–Kier alpha value is -2.36.